The van der Waals surface area contributed by atoms with E-state index in [0.29, 0.717) is 17.7 Å². The minimum atomic E-state index is 0.212. The van der Waals surface area contributed by atoms with Gasteiger partial charge in [0.05, 0.1) is 7.11 Å². The molecule has 0 spiro atoms. The molecule has 0 saturated carbocycles. The van der Waals surface area contributed by atoms with Gasteiger partial charge >= 0.3 is 0 Å². The summed E-state index contributed by atoms with van der Waals surface area (Å²) in [7, 11) is 1.60. The van der Waals surface area contributed by atoms with Crippen molar-refractivity contribution in [1.29, 1.82) is 0 Å². The Bertz CT molecular complexity index is 442. The van der Waals surface area contributed by atoms with Gasteiger partial charge in [0.1, 0.15) is 0 Å². The molecule has 2 rings (SSSR count). The lowest BCUT2D eigenvalue weighted by Gasteiger charge is -2.35. The fraction of sp³-hybridized carbons (Fsp3) is 0.647. The molecule has 1 aromatic carbocycles. The van der Waals surface area contributed by atoms with Gasteiger partial charge in [-0.1, -0.05) is 19.9 Å². The summed E-state index contributed by atoms with van der Waals surface area (Å²) in [5.74, 6) is 1.48. The smallest absolute Gasteiger partial charge is 0.160 e. The van der Waals surface area contributed by atoms with Gasteiger partial charge in [-0.05, 0) is 36.5 Å². The molecule has 4 nitrogen and oxygen atoms in total. The quantitative estimate of drug-likeness (QED) is 0.846. The van der Waals surface area contributed by atoms with Gasteiger partial charge in [-0.15, -0.1) is 0 Å². The van der Waals surface area contributed by atoms with Crippen LogP contribution in [0.15, 0.2) is 18.2 Å². The number of phenolic OH excluding ortho intramolecular Hbond substituents is 1. The Hall–Kier alpha value is -1.26. The topological polar surface area (TPSA) is 44.7 Å². The van der Waals surface area contributed by atoms with Gasteiger partial charge in [-0.25, -0.2) is 0 Å². The molecule has 1 aliphatic heterocycles. The van der Waals surface area contributed by atoms with E-state index in [9.17, 15) is 5.11 Å². The van der Waals surface area contributed by atoms with Gasteiger partial charge in [0.15, 0.2) is 11.5 Å². The van der Waals surface area contributed by atoms with Gasteiger partial charge in [-0.3, -0.25) is 4.90 Å². The third kappa shape index (κ3) is 4.35. The van der Waals surface area contributed by atoms with Crippen LogP contribution in [0.2, 0.25) is 0 Å². The highest BCUT2D eigenvalue weighted by atomic mass is 16.5. The van der Waals surface area contributed by atoms with Crippen LogP contribution in [0.4, 0.5) is 0 Å². The maximum absolute atomic E-state index is 9.80. The minimum absolute atomic E-state index is 0.212. The predicted octanol–water partition coefficient (Wildman–Crippen LogP) is 2.78. The Labute approximate surface area is 128 Å². The number of benzene rings is 1. The van der Waals surface area contributed by atoms with E-state index in [0.717, 1.165) is 32.6 Å². The normalized spacial score (nSPS) is 17.9. The standard InChI is InChI=1S/C17H28N2O2/c1-13(2)4-6-15(19-10-8-18-9-11-19)14-5-7-16(20)17(12-14)21-3/h5,7,12-13,15,18,20H,4,6,8-11H2,1-3H3/t15-/m1/s1. The largest absolute Gasteiger partial charge is 0.504 e. The molecule has 0 bridgehead atoms. The van der Waals surface area contributed by atoms with Crippen molar-refractivity contribution in [1.82, 2.24) is 10.2 Å². The van der Waals surface area contributed by atoms with Crippen molar-refractivity contribution in [3.63, 3.8) is 0 Å². The first-order valence-electron chi connectivity index (χ1n) is 7.93. The van der Waals surface area contributed by atoms with Crippen molar-refractivity contribution in [3.05, 3.63) is 23.8 Å². The second-order valence-corrected chi connectivity index (χ2v) is 6.20. The van der Waals surface area contributed by atoms with E-state index in [-0.39, 0.29) is 5.75 Å². The van der Waals surface area contributed by atoms with Crippen LogP contribution in [0.5, 0.6) is 11.5 Å². The van der Waals surface area contributed by atoms with Gasteiger partial charge in [-0.2, -0.15) is 0 Å². The van der Waals surface area contributed by atoms with E-state index in [4.69, 9.17) is 4.74 Å². The summed E-state index contributed by atoms with van der Waals surface area (Å²) in [5.41, 5.74) is 1.24. The molecule has 1 saturated heterocycles. The second-order valence-electron chi connectivity index (χ2n) is 6.20. The molecule has 0 aliphatic carbocycles. The molecule has 1 fully saturated rings. The van der Waals surface area contributed by atoms with E-state index < -0.39 is 0 Å². The third-order valence-corrected chi connectivity index (χ3v) is 4.20. The number of hydrogen-bond donors (Lipinski definition) is 2. The first kappa shape index (κ1) is 16.1. The molecule has 1 aromatic rings. The van der Waals surface area contributed by atoms with Crippen molar-refractivity contribution in [2.24, 2.45) is 5.92 Å². The number of nitrogens with one attached hydrogen (secondary N) is 1. The van der Waals surface area contributed by atoms with E-state index in [1.54, 1.807) is 13.2 Å². The SMILES string of the molecule is COc1cc([C@@H](CCC(C)C)N2CCNCC2)ccc1O. The molecule has 0 aromatic heterocycles. The zero-order valence-electron chi connectivity index (χ0n) is 13.4. The van der Waals surface area contributed by atoms with Crippen molar-refractivity contribution < 1.29 is 9.84 Å². The van der Waals surface area contributed by atoms with Crippen molar-refractivity contribution in [3.8, 4) is 11.5 Å². The fourth-order valence-corrected chi connectivity index (χ4v) is 2.95. The molecule has 4 heteroatoms. The maximum Gasteiger partial charge on any atom is 0.160 e. The number of piperazine rings is 1. The first-order valence-corrected chi connectivity index (χ1v) is 7.93. The zero-order chi connectivity index (χ0) is 15.2. The molecule has 0 unspecified atom stereocenters. The minimum Gasteiger partial charge on any atom is -0.504 e. The number of phenols is 1. The van der Waals surface area contributed by atoms with Crippen LogP contribution in [0, 0.1) is 5.92 Å². The monoisotopic (exact) mass is 292 g/mol. The number of hydrogen-bond acceptors (Lipinski definition) is 4. The Morgan fingerprint density at radius 3 is 2.57 bits per heavy atom. The van der Waals surface area contributed by atoms with Crippen LogP contribution in [0.3, 0.4) is 0 Å². The van der Waals surface area contributed by atoms with E-state index in [1.807, 2.05) is 12.1 Å². The molecule has 118 valence electrons. The van der Waals surface area contributed by atoms with Crippen molar-refractivity contribution >= 4 is 0 Å². The molecular weight excluding hydrogens is 264 g/mol. The molecule has 1 atom stereocenters. The summed E-state index contributed by atoms with van der Waals surface area (Å²) in [4.78, 5) is 2.55. The van der Waals surface area contributed by atoms with Crippen LogP contribution < -0.4 is 10.1 Å². The van der Waals surface area contributed by atoms with Crippen molar-refractivity contribution in [2.75, 3.05) is 33.3 Å². The van der Waals surface area contributed by atoms with Gasteiger partial charge in [0.25, 0.3) is 0 Å². The van der Waals surface area contributed by atoms with Crippen molar-refractivity contribution in [2.45, 2.75) is 32.7 Å². The summed E-state index contributed by atoms with van der Waals surface area (Å²) in [6.07, 6.45) is 2.35. The van der Waals surface area contributed by atoms with Crippen LogP contribution in [0.25, 0.3) is 0 Å². The Kier molecular flexibility index (Phi) is 5.88. The Balaban J connectivity index is 2.20. The number of nitrogens with zero attached hydrogens (tertiary/aromatic N) is 1. The molecule has 21 heavy (non-hydrogen) atoms. The third-order valence-electron chi connectivity index (χ3n) is 4.20. The molecule has 0 amide bonds. The molecule has 0 radical (unpaired) electrons. The lowest BCUT2D eigenvalue weighted by Crippen LogP contribution is -2.45. The first-order chi connectivity index (χ1) is 10.1. The maximum atomic E-state index is 9.80. The summed E-state index contributed by atoms with van der Waals surface area (Å²) in [5, 5.41) is 13.2. The average molecular weight is 292 g/mol. The Morgan fingerprint density at radius 2 is 1.95 bits per heavy atom. The summed E-state index contributed by atoms with van der Waals surface area (Å²) < 4.78 is 5.27. The van der Waals surface area contributed by atoms with Gasteiger partial charge in [0, 0.05) is 32.2 Å². The molecule has 1 aliphatic rings. The number of aromatic hydroxyl groups is 1. The van der Waals surface area contributed by atoms with E-state index >= 15 is 0 Å². The highest BCUT2D eigenvalue weighted by Crippen LogP contribution is 2.34. The second kappa shape index (κ2) is 7.66. The highest BCUT2D eigenvalue weighted by molar-refractivity contribution is 5.42. The van der Waals surface area contributed by atoms with Crippen LogP contribution >= 0.6 is 0 Å². The number of rotatable bonds is 6. The average Bonchev–Trinajstić information content (AvgIpc) is 2.49. The van der Waals surface area contributed by atoms with Crippen LogP contribution in [-0.4, -0.2) is 43.3 Å². The summed E-state index contributed by atoms with van der Waals surface area (Å²) in [6, 6.07) is 6.18. The fourth-order valence-electron chi connectivity index (χ4n) is 2.95. The number of methoxy groups -OCH3 is 1. The lowest BCUT2D eigenvalue weighted by molar-refractivity contribution is 0.159. The Morgan fingerprint density at radius 1 is 1.24 bits per heavy atom. The number of ether oxygens (including phenoxy) is 1. The van der Waals surface area contributed by atoms with Crippen LogP contribution in [-0.2, 0) is 0 Å². The molecule has 1 heterocycles. The zero-order valence-corrected chi connectivity index (χ0v) is 13.4. The van der Waals surface area contributed by atoms with Gasteiger partial charge < -0.3 is 15.2 Å². The summed E-state index contributed by atoms with van der Waals surface area (Å²) in [6.45, 7) is 8.79. The highest BCUT2D eigenvalue weighted by Gasteiger charge is 2.23. The van der Waals surface area contributed by atoms with Gasteiger partial charge in [0.2, 0.25) is 0 Å². The van der Waals surface area contributed by atoms with E-state index in [2.05, 4.69) is 24.1 Å². The van der Waals surface area contributed by atoms with E-state index in [1.165, 1.54) is 12.0 Å². The predicted molar refractivity (Wildman–Crippen MR) is 85.9 cm³/mol. The molecular formula is C17H28N2O2. The summed E-state index contributed by atoms with van der Waals surface area (Å²) >= 11 is 0. The van der Waals surface area contributed by atoms with Crippen LogP contribution in [0.1, 0.15) is 38.3 Å². The lowest BCUT2D eigenvalue weighted by atomic mass is 9.95. The molecule has 2 N–H and O–H groups in total.